The number of hydrogen-bond acceptors (Lipinski definition) is 8. The number of nitrogens with one attached hydrogen (secondary N) is 1. The van der Waals surface area contributed by atoms with Crippen LogP contribution >= 0.6 is 11.8 Å². The normalized spacial score (nSPS) is 16.9. The fraction of sp³-hybridized carbons (Fsp3) is 0.318. The molecule has 0 saturated carbocycles. The number of hydrogen-bond donors (Lipinski definition) is 3. The summed E-state index contributed by atoms with van der Waals surface area (Å²) in [5, 5.41) is 20.8. The van der Waals surface area contributed by atoms with E-state index in [1.807, 2.05) is 13.1 Å². The largest absolute Gasteiger partial charge is 0.391 e. The van der Waals surface area contributed by atoms with Gasteiger partial charge < -0.3 is 25.6 Å². The molecule has 4 N–H and O–H groups in total. The zero-order valence-electron chi connectivity index (χ0n) is 18.1. The van der Waals surface area contributed by atoms with Gasteiger partial charge in [-0.05, 0) is 42.7 Å². The van der Waals surface area contributed by atoms with E-state index in [2.05, 4.69) is 20.5 Å². The van der Waals surface area contributed by atoms with Crippen LogP contribution in [0.15, 0.2) is 54.1 Å². The number of amides is 2. The Bertz CT molecular complexity index is 1150. The maximum absolute atomic E-state index is 12.8. The van der Waals surface area contributed by atoms with Gasteiger partial charge in [-0.25, -0.2) is 0 Å². The third-order valence-corrected chi connectivity index (χ3v) is 6.41. The molecule has 11 heteroatoms. The van der Waals surface area contributed by atoms with Crippen molar-refractivity contribution in [2.24, 2.45) is 12.8 Å². The Hall–Kier alpha value is -3.28. The second kappa shape index (κ2) is 10.1. The summed E-state index contributed by atoms with van der Waals surface area (Å²) in [5.74, 6) is -0.658. The van der Waals surface area contributed by atoms with Crippen LogP contribution in [-0.4, -0.2) is 60.8 Å². The van der Waals surface area contributed by atoms with Crippen molar-refractivity contribution in [1.82, 2.24) is 24.6 Å². The highest BCUT2D eigenvalue weighted by atomic mass is 32.2. The lowest BCUT2D eigenvalue weighted by Gasteiger charge is -2.30. The zero-order valence-corrected chi connectivity index (χ0v) is 18.9. The number of piperidine rings is 1. The van der Waals surface area contributed by atoms with Gasteiger partial charge in [0.25, 0.3) is 11.8 Å². The molecule has 0 bridgehead atoms. The summed E-state index contributed by atoms with van der Waals surface area (Å²) in [7, 11) is 1.84. The Morgan fingerprint density at radius 1 is 1.30 bits per heavy atom. The molecular weight excluding hydrogens is 442 g/mol. The van der Waals surface area contributed by atoms with Crippen LogP contribution < -0.4 is 11.1 Å². The van der Waals surface area contributed by atoms with Gasteiger partial charge >= 0.3 is 0 Å². The fourth-order valence-electron chi connectivity index (χ4n) is 3.56. The van der Waals surface area contributed by atoms with Crippen molar-refractivity contribution in [2.75, 3.05) is 18.4 Å². The number of aliphatic hydroxyl groups is 1. The van der Waals surface area contributed by atoms with E-state index in [0.29, 0.717) is 35.9 Å². The van der Waals surface area contributed by atoms with Crippen LogP contribution in [-0.2, 0) is 7.05 Å². The molecule has 33 heavy (non-hydrogen) atoms. The van der Waals surface area contributed by atoms with E-state index in [1.54, 1.807) is 40.1 Å². The number of likely N-dealkylation sites (tertiary alicyclic amines) is 1. The fourth-order valence-corrected chi connectivity index (χ4v) is 4.38. The number of nitrogens with two attached hydrogens (primary N) is 1. The number of thioether (sulfide) groups is 1. The maximum Gasteiger partial charge on any atom is 0.274 e. The van der Waals surface area contributed by atoms with Gasteiger partial charge in [0.2, 0.25) is 0 Å². The molecular formula is C22H25N7O3S. The minimum atomic E-state index is -0.516. The molecule has 2 aromatic heterocycles. The molecule has 2 atom stereocenters. The van der Waals surface area contributed by atoms with Crippen LogP contribution in [0.2, 0.25) is 0 Å². The average molecular weight is 468 g/mol. The number of pyridine rings is 1. The molecule has 1 aromatic carbocycles. The van der Waals surface area contributed by atoms with E-state index in [1.165, 1.54) is 24.0 Å². The van der Waals surface area contributed by atoms with Crippen molar-refractivity contribution in [1.29, 1.82) is 0 Å². The molecule has 1 aliphatic rings. The third kappa shape index (κ3) is 5.56. The van der Waals surface area contributed by atoms with Crippen LogP contribution in [0.3, 0.4) is 0 Å². The highest BCUT2D eigenvalue weighted by Gasteiger charge is 2.24. The molecule has 1 fully saturated rings. The van der Waals surface area contributed by atoms with E-state index in [-0.39, 0.29) is 11.6 Å². The predicted octanol–water partition coefficient (Wildman–Crippen LogP) is 1.81. The van der Waals surface area contributed by atoms with Crippen LogP contribution in [0.25, 0.3) is 0 Å². The van der Waals surface area contributed by atoms with E-state index >= 15 is 0 Å². The lowest BCUT2D eigenvalue weighted by molar-refractivity contribution is 0.0473. The predicted molar refractivity (Wildman–Crippen MR) is 124 cm³/mol. The number of β-amino-alcohol motifs (C(OH)–C–C–N with tert-alkyl or cyclic N) is 1. The molecule has 2 amide bonds. The molecule has 1 aliphatic heterocycles. The molecule has 3 heterocycles. The highest BCUT2D eigenvalue weighted by molar-refractivity contribution is 7.99. The first kappa shape index (κ1) is 22.9. The summed E-state index contributed by atoms with van der Waals surface area (Å²) in [6, 6.07) is 10.3. The van der Waals surface area contributed by atoms with Gasteiger partial charge in [-0.1, -0.05) is 23.9 Å². The third-order valence-electron chi connectivity index (χ3n) is 5.30. The van der Waals surface area contributed by atoms with Gasteiger partial charge in [-0.2, -0.15) is 0 Å². The standard InChI is InChI=1S/C22H25N7O3S/c1-28-13-25-27-22(28)33-19(23)14-4-2-5-16(10-14)26-20(31)18-11-15(7-8-24-18)21(32)29-9-3-6-17(30)12-29/h2,4-5,7-8,10-11,13,17,19,30H,3,6,9,12,23H2,1H3,(H,26,31)/t17-,19-/m1/s1. The quantitative estimate of drug-likeness (QED) is 0.368. The summed E-state index contributed by atoms with van der Waals surface area (Å²) in [5.41, 5.74) is 8.15. The van der Waals surface area contributed by atoms with Crippen molar-refractivity contribution in [3.05, 3.63) is 65.7 Å². The van der Waals surface area contributed by atoms with E-state index in [4.69, 9.17) is 5.73 Å². The summed E-state index contributed by atoms with van der Waals surface area (Å²) in [4.78, 5) is 31.3. The van der Waals surface area contributed by atoms with Gasteiger partial charge in [0.1, 0.15) is 12.0 Å². The first-order valence-corrected chi connectivity index (χ1v) is 11.4. The van der Waals surface area contributed by atoms with E-state index in [9.17, 15) is 14.7 Å². The number of aliphatic hydroxyl groups excluding tert-OH is 1. The second-order valence-electron chi connectivity index (χ2n) is 7.82. The van der Waals surface area contributed by atoms with Crippen LogP contribution in [0, 0.1) is 0 Å². The molecule has 172 valence electrons. The molecule has 0 spiro atoms. The monoisotopic (exact) mass is 467 g/mol. The molecule has 1 saturated heterocycles. The van der Waals surface area contributed by atoms with Gasteiger partial charge in [0, 0.05) is 37.6 Å². The van der Waals surface area contributed by atoms with Crippen molar-refractivity contribution in [2.45, 2.75) is 29.5 Å². The summed E-state index contributed by atoms with van der Waals surface area (Å²) < 4.78 is 1.78. The minimum Gasteiger partial charge on any atom is -0.391 e. The number of carbonyl (C=O) groups excluding carboxylic acids is 2. The SMILES string of the molecule is Cn1cnnc1S[C@@H](N)c1cccc(NC(=O)c2cc(C(=O)N3CCC[C@@H](O)C3)ccn2)c1. The first-order chi connectivity index (χ1) is 15.9. The Balaban J connectivity index is 1.44. The molecule has 0 aliphatic carbocycles. The Morgan fingerprint density at radius 3 is 2.91 bits per heavy atom. The topological polar surface area (TPSA) is 139 Å². The van der Waals surface area contributed by atoms with Crippen molar-refractivity contribution >= 4 is 29.3 Å². The van der Waals surface area contributed by atoms with E-state index < -0.39 is 17.4 Å². The Labute approximate surface area is 195 Å². The number of aryl methyl sites for hydroxylation is 1. The summed E-state index contributed by atoms with van der Waals surface area (Å²) in [6.07, 6.45) is 3.96. The number of nitrogens with zero attached hydrogens (tertiary/aromatic N) is 5. The Kier molecular flexibility index (Phi) is 7.02. The second-order valence-corrected chi connectivity index (χ2v) is 8.93. The van der Waals surface area contributed by atoms with Gasteiger partial charge in [-0.3, -0.25) is 14.6 Å². The minimum absolute atomic E-state index is 0.126. The summed E-state index contributed by atoms with van der Waals surface area (Å²) in [6.45, 7) is 0.876. The van der Waals surface area contributed by atoms with Crippen molar-refractivity contribution < 1.29 is 14.7 Å². The molecule has 0 radical (unpaired) electrons. The molecule has 4 rings (SSSR count). The highest BCUT2D eigenvalue weighted by Crippen LogP contribution is 2.30. The van der Waals surface area contributed by atoms with Crippen LogP contribution in [0.5, 0.6) is 0 Å². The number of benzene rings is 1. The zero-order chi connectivity index (χ0) is 23.4. The van der Waals surface area contributed by atoms with Gasteiger partial charge in [0.05, 0.1) is 11.5 Å². The molecule has 10 nitrogen and oxygen atoms in total. The number of rotatable bonds is 6. The number of carbonyl (C=O) groups is 2. The lowest BCUT2D eigenvalue weighted by Crippen LogP contribution is -2.42. The first-order valence-electron chi connectivity index (χ1n) is 10.5. The number of aromatic nitrogens is 4. The maximum atomic E-state index is 12.8. The lowest BCUT2D eigenvalue weighted by atomic mass is 10.1. The Morgan fingerprint density at radius 2 is 2.15 bits per heavy atom. The van der Waals surface area contributed by atoms with Crippen molar-refractivity contribution in [3.63, 3.8) is 0 Å². The van der Waals surface area contributed by atoms with Crippen LogP contribution in [0.1, 0.15) is 44.6 Å². The molecule has 3 aromatic rings. The van der Waals surface area contributed by atoms with Crippen LogP contribution in [0.4, 0.5) is 5.69 Å². The van der Waals surface area contributed by atoms with E-state index in [0.717, 1.165) is 12.0 Å². The van der Waals surface area contributed by atoms with Crippen molar-refractivity contribution in [3.8, 4) is 0 Å². The smallest absolute Gasteiger partial charge is 0.274 e. The molecule has 0 unspecified atom stereocenters. The average Bonchev–Trinajstić information content (AvgIpc) is 3.23. The van der Waals surface area contributed by atoms with Gasteiger partial charge in [-0.15, -0.1) is 10.2 Å². The summed E-state index contributed by atoms with van der Waals surface area (Å²) >= 11 is 1.35. The van der Waals surface area contributed by atoms with Gasteiger partial charge in [0.15, 0.2) is 5.16 Å². The number of anilines is 1.